The molecule has 3 aliphatic rings. The first kappa shape index (κ1) is 41.3. The molecule has 286 valence electrons. The number of rotatable bonds is 16. The van der Waals surface area contributed by atoms with Gasteiger partial charge < -0.3 is 99.6 Å². The highest BCUT2D eigenvalue weighted by molar-refractivity contribution is 5.67. The van der Waals surface area contributed by atoms with E-state index in [4.69, 9.17) is 37.9 Å². The molecule has 2 amide bonds. The molecule has 0 aliphatic carbocycles. The Bertz CT molecular complexity index is 996. The van der Waals surface area contributed by atoms with Crippen molar-refractivity contribution in [2.45, 2.75) is 105 Å². The maximum Gasteiger partial charge on any atom is 0.407 e. The minimum absolute atomic E-state index is 0.134. The van der Waals surface area contributed by atoms with Crippen molar-refractivity contribution in [3.63, 3.8) is 0 Å². The Labute approximate surface area is 279 Å². The van der Waals surface area contributed by atoms with E-state index in [1.54, 1.807) is 6.92 Å². The van der Waals surface area contributed by atoms with Crippen LogP contribution in [0.2, 0.25) is 0 Å². The Hall–Kier alpha value is -2.10. The summed E-state index contributed by atoms with van der Waals surface area (Å²) in [7, 11) is 0. The van der Waals surface area contributed by atoms with Gasteiger partial charge in [-0.05, 0) is 13.3 Å². The summed E-state index contributed by atoms with van der Waals surface area (Å²) in [6.45, 7) is -1.06. The summed E-state index contributed by atoms with van der Waals surface area (Å²) in [6, 6.07) is 0. The lowest BCUT2D eigenvalue weighted by molar-refractivity contribution is -0.381. The van der Waals surface area contributed by atoms with Crippen molar-refractivity contribution in [1.82, 2.24) is 10.6 Å². The summed E-state index contributed by atoms with van der Waals surface area (Å²) in [6.07, 6.45) is -26.6. The fourth-order valence-corrected chi connectivity index (χ4v) is 5.24. The maximum atomic E-state index is 12.1. The number of amides is 2. The van der Waals surface area contributed by atoms with E-state index in [9.17, 15) is 60.7 Å². The Morgan fingerprint density at radius 3 is 1.76 bits per heavy atom. The van der Waals surface area contributed by atoms with Gasteiger partial charge in [-0.3, -0.25) is 0 Å². The predicted octanol–water partition coefficient (Wildman–Crippen LogP) is -6.69. The second kappa shape index (κ2) is 20.1. The number of alkyl carbamates (subject to hydrolysis) is 2. The first-order chi connectivity index (χ1) is 23.4. The minimum Gasteiger partial charge on any atom is -0.450 e. The Kier molecular flexibility index (Phi) is 16.9. The van der Waals surface area contributed by atoms with Crippen molar-refractivity contribution in [1.29, 1.82) is 0 Å². The molecular weight excluding hydrogens is 672 g/mol. The highest BCUT2D eigenvalue weighted by Gasteiger charge is 2.54. The molecule has 3 saturated heterocycles. The molecule has 0 saturated carbocycles. The fourth-order valence-electron chi connectivity index (χ4n) is 5.24. The summed E-state index contributed by atoms with van der Waals surface area (Å²) < 4.78 is 43.1. The van der Waals surface area contributed by atoms with Crippen LogP contribution < -0.4 is 10.6 Å². The molecule has 22 nitrogen and oxygen atoms in total. The molecule has 3 aliphatic heterocycles. The number of ether oxygens (including phenoxy) is 8. The average Bonchev–Trinajstić information content (AvgIpc) is 3.08. The third-order valence-electron chi connectivity index (χ3n) is 7.86. The number of aliphatic hydroxyl groups excluding tert-OH is 10. The van der Waals surface area contributed by atoms with Crippen LogP contribution in [0.15, 0.2) is 0 Å². The van der Waals surface area contributed by atoms with E-state index in [0.717, 1.165) is 0 Å². The number of carbonyl (C=O) groups is 2. The quantitative estimate of drug-likeness (QED) is 0.0659. The van der Waals surface area contributed by atoms with E-state index in [2.05, 4.69) is 10.6 Å². The van der Waals surface area contributed by atoms with Gasteiger partial charge in [-0.2, -0.15) is 0 Å². The lowest BCUT2D eigenvalue weighted by Crippen LogP contribution is -2.67. The lowest BCUT2D eigenvalue weighted by atomic mass is 9.96. The molecule has 3 rings (SSSR count). The zero-order valence-corrected chi connectivity index (χ0v) is 26.6. The summed E-state index contributed by atoms with van der Waals surface area (Å²) in [5.41, 5.74) is 0. The monoisotopic (exact) mass is 720 g/mol. The van der Waals surface area contributed by atoms with Crippen molar-refractivity contribution in [3.05, 3.63) is 0 Å². The smallest absolute Gasteiger partial charge is 0.407 e. The standard InChI is InChI=1S/C27H48N2O20/c1-2-42-26(40)28-4-3-5-29-27(41)44-7-6-43-22-19(38)21(48-24-18(37)15(34)14(33)11(8-30)46-24)13(10-32)47-25(22)49-20-12(9-31)45-23(39)17(36)16(20)35/h11-25,30-39H,2-10H2,1H3,(H,28,40)(H,29,41)/t11-,12-,13-,14+,15+,16-,17-,18-,19+,20-,21+,22-,23-,24-,25+/m1/s1. The molecule has 3 fully saturated rings. The SMILES string of the molecule is CCOC(=O)NCCCNC(=O)OCCO[C@H]1[C@H](O[C@H]2[C@H](O)[C@@H](O)[C@H](O)O[C@@H]2CO)O[C@H](CO)[C@H](O[C@H]2O[C@H](CO)[C@H](O)[C@H](O)[C@H]2O)[C@@H]1O. The van der Waals surface area contributed by atoms with E-state index in [0.29, 0.717) is 6.42 Å². The molecule has 0 radical (unpaired) electrons. The van der Waals surface area contributed by atoms with Crippen LogP contribution in [0.3, 0.4) is 0 Å². The number of nitrogens with one attached hydrogen (secondary N) is 2. The first-order valence-corrected chi connectivity index (χ1v) is 15.7. The van der Waals surface area contributed by atoms with E-state index in [1.807, 2.05) is 0 Å². The molecule has 15 atom stereocenters. The zero-order chi connectivity index (χ0) is 36.2. The number of carbonyl (C=O) groups excluding carboxylic acids is 2. The molecular formula is C27H48N2O20. The minimum atomic E-state index is -1.89. The van der Waals surface area contributed by atoms with Crippen LogP contribution in [0.5, 0.6) is 0 Å². The number of hydrogen-bond donors (Lipinski definition) is 12. The van der Waals surface area contributed by atoms with Crippen LogP contribution in [0.25, 0.3) is 0 Å². The molecule has 49 heavy (non-hydrogen) atoms. The molecule has 0 aromatic carbocycles. The second-order valence-corrected chi connectivity index (χ2v) is 11.2. The van der Waals surface area contributed by atoms with Gasteiger partial charge in [0.15, 0.2) is 18.9 Å². The average molecular weight is 721 g/mol. The van der Waals surface area contributed by atoms with Crippen LogP contribution in [0.4, 0.5) is 9.59 Å². The third-order valence-corrected chi connectivity index (χ3v) is 7.86. The second-order valence-electron chi connectivity index (χ2n) is 11.2. The molecule has 12 N–H and O–H groups in total. The van der Waals surface area contributed by atoms with E-state index in [1.165, 1.54) is 0 Å². The van der Waals surface area contributed by atoms with Crippen LogP contribution >= 0.6 is 0 Å². The summed E-state index contributed by atoms with van der Waals surface area (Å²) in [5.74, 6) is 0. The number of hydrogen-bond acceptors (Lipinski definition) is 20. The zero-order valence-electron chi connectivity index (χ0n) is 26.6. The van der Waals surface area contributed by atoms with Crippen molar-refractivity contribution in [3.8, 4) is 0 Å². The van der Waals surface area contributed by atoms with Gasteiger partial charge in [0, 0.05) is 13.1 Å². The van der Waals surface area contributed by atoms with Crippen molar-refractivity contribution in [2.75, 3.05) is 52.7 Å². The van der Waals surface area contributed by atoms with Gasteiger partial charge >= 0.3 is 12.2 Å². The van der Waals surface area contributed by atoms with Gasteiger partial charge in [0.1, 0.15) is 79.9 Å². The molecule has 0 bridgehead atoms. The highest BCUT2D eigenvalue weighted by Crippen LogP contribution is 2.33. The largest absolute Gasteiger partial charge is 0.450 e. The fraction of sp³-hybridized carbons (Fsp3) is 0.926. The lowest BCUT2D eigenvalue weighted by Gasteiger charge is -2.48. The van der Waals surface area contributed by atoms with Crippen LogP contribution in [0.1, 0.15) is 13.3 Å². The summed E-state index contributed by atoms with van der Waals surface area (Å²) in [5, 5.41) is 107. The van der Waals surface area contributed by atoms with Gasteiger partial charge in [-0.15, -0.1) is 0 Å². The van der Waals surface area contributed by atoms with Gasteiger partial charge in [-0.1, -0.05) is 0 Å². The summed E-state index contributed by atoms with van der Waals surface area (Å²) in [4.78, 5) is 23.4. The summed E-state index contributed by atoms with van der Waals surface area (Å²) >= 11 is 0. The number of aliphatic hydroxyl groups is 10. The van der Waals surface area contributed by atoms with Gasteiger partial charge in [0.05, 0.1) is 33.0 Å². The van der Waals surface area contributed by atoms with Crippen molar-refractivity contribution in [2.24, 2.45) is 0 Å². The molecule has 0 aromatic heterocycles. The van der Waals surface area contributed by atoms with E-state index < -0.39 is 137 Å². The van der Waals surface area contributed by atoms with E-state index >= 15 is 0 Å². The van der Waals surface area contributed by atoms with E-state index in [-0.39, 0.29) is 19.7 Å². The van der Waals surface area contributed by atoms with Crippen LogP contribution in [0, 0.1) is 0 Å². The Balaban J connectivity index is 1.69. The molecule has 0 unspecified atom stereocenters. The molecule has 3 heterocycles. The maximum absolute atomic E-state index is 12.1. The molecule has 0 aromatic rings. The van der Waals surface area contributed by atoms with Crippen LogP contribution in [-0.2, 0) is 37.9 Å². The predicted molar refractivity (Wildman–Crippen MR) is 154 cm³/mol. The third kappa shape index (κ3) is 10.9. The van der Waals surface area contributed by atoms with Crippen molar-refractivity contribution < 1.29 is 98.5 Å². The van der Waals surface area contributed by atoms with Crippen LogP contribution in [-0.4, -0.2) is 208 Å². The highest BCUT2D eigenvalue weighted by atomic mass is 16.8. The Morgan fingerprint density at radius 1 is 0.592 bits per heavy atom. The van der Waals surface area contributed by atoms with Gasteiger partial charge in [0.2, 0.25) is 0 Å². The molecule has 22 heteroatoms. The first-order valence-electron chi connectivity index (χ1n) is 15.7. The topological polar surface area (TPSA) is 334 Å². The van der Waals surface area contributed by atoms with Gasteiger partial charge in [-0.25, -0.2) is 9.59 Å². The Morgan fingerprint density at radius 2 is 1.14 bits per heavy atom. The van der Waals surface area contributed by atoms with Crippen molar-refractivity contribution >= 4 is 12.2 Å². The van der Waals surface area contributed by atoms with Gasteiger partial charge in [0.25, 0.3) is 0 Å². The molecule has 0 spiro atoms. The normalized spacial score (nSPS) is 39.6.